The standard InChI is InChI=1S/C15H11N5O2S/c1-10-2-4-11(5-3-10)14(21)19-15-18-13(9-23-15)8-22-20-12(6-16)7-17/h2-5,9H,8H2,1H3,(H,18,19,21). The number of carbonyl (C=O) groups is 1. The summed E-state index contributed by atoms with van der Waals surface area (Å²) in [5.74, 6) is -0.249. The van der Waals surface area contributed by atoms with Crippen LogP contribution in [0.25, 0.3) is 0 Å². The van der Waals surface area contributed by atoms with Gasteiger partial charge < -0.3 is 4.84 Å². The zero-order valence-corrected chi connectivity index (χ0v) is 12.9. The summed E-state index contributed by atoms with van der Waals surface area (Å²) in [6.07, 6.45) is 0. The molecule has 1 N–H and O–H groups in total. The first-order chi connectivity index (χ1) is 11.1. The number of nitrogens with one attached hydrogen (secondary N) is 1. The fourth-order valence-corrected chi connectivity index (χ4v) is 2.22. The average Bonchev–Trinajstić information content (AvgIpc) is 2.99. The topological polar surface area (TPSA) is 111 Å². The Morgan fingerprint density at radius 1 is 1.35 bits per heavy atom. The number of rotatable bonds is 5. The molecule has 1 amide bonds. The van der Waals surface area contributed by atoms with Gasteiger partial charge >= 0.3 is 0 Å². The monoisotopic (exact) mass is 325 g/mol. The number of benzene rings is 1. The number of amides is 1. The molecule has 0 bridgehead atoms. The summed E-state index contributed by atoms with van der Waals surface area (Å²) in [6.45, 7) is 1.95. The maximum Gasteiger partial charge on any atom is 0.257 e. The van der Waals surface area contributed by atoms with Crippen LogP contribution in [-0.2, 0) is 11.4 Å². The summed E-state index contributed by atoms with van der Waals surface area (Å²) in [5.41, 5.74) is 1.78. The molecule has 7 nitrogen and oxygen atoms in total. The van der Waals surface area contributed by atoms with Crippen LogP contribution in [0.4, 0.5) is 5.13 Å². The first kappa shape index (κ1) is 16.1. The molecule has 1 aromatic carbocycles. The van der Waals surface area contributed by atoms with Crippen molar-refractivity contribution in [2.24, 2.45) is 5.16 Å². The number of nitrogens with zero attached hydrogens (tertiary/aromatic N) is 4. The fraction of sp³-hybridized carbons (Fsp3) is 0.133. The Bertz CT molecular complexity index is 796. The molecule has 0 saturated carbocycles. The van der Waals surface area contributed by atoms with E-state index in [0.717, 1.165) is 5.56 Å². The van der Waals surface area contributed by atoms with Crippen molar-refractivity contribution < 1.29 is 9.63 Å². The molecule has 8 heteroatoms. The largest absolute Gasteiger partial charge is 0.388 e. The number of aryl methyl sites for hydroxylation is 1. The second kappa shape index (κ2) is 7.69. The summed E-state index contributed by atoms with van der Waals surface area (Å²) >= 11 is 1.24. The van der Waals surface area contributed by atoms with E-state index in [1.54, 1.807) is 29.7 Å². The van der Waals surface area contributed by atoms with Gasteiger partial charge in [-0.1, -0.05) is 22.9 Å². The van der Waals surface area contributed by atoms with Crippen molar-refractivity contribution in [3.05, 3.63) is 46.5 Å². The molecule has 0 atom stereocenters. The van der Waals surface area contributed by atoms with Gasteiger partial charge in [0.25, 0.3) is 11.6 Å². The van der Waals surface area contributed by atoms with E-state index in [2.05, 4.69) is 15.5 Å². The van der Waals surface area contributed by atoms with Crippen LogP contribution in [-0.4, -0.2) is 16.6 Å². The normalized spacial score (nSPS) is 9.35. The van der Waals surface area contributed by atoms with E-state index in [1.165, 1.54) is 11.3 Å². The smallest absolute Gasteiger partial charge is 0.257 e. The molecular weight excluding hydrogens is 314 g/mol. The maximum atomic E-state index is 12.0. The lowest BCUT2D eigenvalue weighted by Crippen LogP contribution is -2.11. The number of oxime groups is 1. The Hall–Kier alpha value is -3.23. The Morgan fingerprint density at radius 2 is 2.04 bits per heavy atom. The fourth-order valence-electron chi connectivity index (χ4n) is 1.53. The Balaban J connectivity index is 1.93. The van der Waals surface area contributed by atoms with Crippen LogP contribution in [0.15, 0.2) is 34.8 Å². The van der Waals surface area contributed by atoms with E-state index >= 15 is 0 Å². The van der Waals surface area contributed by atoms with Crippen LogP contribution in [0.5, 0.6) is 0 Å². The van der Waals surface area contributed by atoms with Crippen LogP contribution in [0.3, 0.4) is 0 Å². The van der Waals surface area contributed by atoms with E-state index in [4.69, 9.17) is 15.4 Å². The van der Waals surface area contributed by atoms with E-state index in [9.17, 15) is 4.79 Å². The lowest BCUT2D eigenvalue weighted by Gasteiger charge is -2.01. The molecule has 0 aliphatic carbocycles. The quantitative estimate of drug-likeness (QED) is 0.671. The first-order valence-electron chi connectivity index (χ1n) is 6.45. The number of hydrogen-bond acceptors (Lipinski definition) is 7. The number of thiazole rings is 1. The number of anilines is 1. The zero-order valence-electron chi connectivity index (χ0n) is 12.1. The van der Waals surface area contributed by atoms with Gasteiger partial charge in [-0.3, -0.25) is 10.1 Å². The van der Waals surface area contributed by atoms with Crippen LogP contribution >= 0.6 is 11.3 Å². The van der Waals surface area contributed by atoms with Crippen molar-refractivity contribution in [2.45, 2.75) is 13.5 Å². The van der Waals surface area contributed by atoms with Gasteiger partial charge in [0.15, 0.2) is 11.7 Å². The molecule has 0 fully saturated rings. The minimum atomic E-state index is -0.367. The maximum absolute atomic E-state index is 12.0. The Morgan fingerprint density at radius 3 is 2.70 bits per heavy atom. The van der Waals surface area contributed by atoms with E-state index in [1.807, 2.05) is 19.1 Å². The highest BCUT2D eigenvalue weighted by atomic mass is 32.1. The van der Waals surface area contributed by atoms with Crippen LogP contribution < -0.4 is 5.32 Å². The van der Waals surface area contributed by atoms with Crippen LogP contribution in [0.2, 0.25) is 0 Å². The van der Waals surface area contributed by atoms with E-state index in [0.29, 0.717) is 16.4 Å². The number of nitriles is 2. The average molecular weight is 325 g/mol. The van der Waals surface area contributed by atoms with Gasteiger partial charge in [-0.15, -0.1) is 11.3 Å². The van der Waals surface area contributed by atoms with Crippen molar-refractivity contribution in [1.82, 2.24) is 4.98 Å². The highest BCUT2D eigenvalue weighted by Crippen LogP contribution is 2.17. The Labute approximate surface area is 136 Å². The molecule has 0 spiro atoms. The SMILES string of the molecule is Cc1ccc(C(=O)Nc2nc(CON=C(C#N)C#N)cs2)cc1. The highest BCUT2D eigenvalue weighted by Gasteiger charge is 2.09. The molecule has 0 radical (unpaired) electrons. The number of carbonyl (C=O) groups excluding carboxylic acids is 1. The molecule has 114 valence electrons. The number of aromatic nitrogens is 1. The van der Waals surface area contributed by atoms with E-state index < -0.39 is 0 Å². The summed E-state index contributed by atoms with van der Waals surface area (Å²) in [4.78, 5) is 21.1. The summed E-state index contributed by atoms with van der Waals surface area (Å²) in [5, 5.41) is 25.2. The minimum absolute atomic E-state index is 0.00373. The Kier molecular flexibility index (Phi) is 5.40. The van der Waals surface area contributed by atoms with Gasteiger partial charge in [-0.05, 0) is 19.1 Å². The van der Waals surface area contributed by atoms with Crippen molar-refractivity contribution in [3.8, 4) is 12.1 Å². The van der Waals surface area contributed by atoms with Crippen molar-refractivity contribution in [1.29, 1.82) is 10.5 Å². The van der Waals surface area contributed by atoms with Crippen LogP contribution in [0, 0.1) is 29.6 Å². The third-order valence-electron chi connectivity index (χ3n) is 2.67. The predicted octanol–water partition coefficient (Wildman–Crippen LogP) is 2.62. The lowest BCUT2D eigenvalue weighted by molar-refractivity contribution is 0.102. The third-order valence-corrected chi connectivity index (χ3v) is 3.47. The molecule has 0 aliphatic rings. The number of hydrogen-bond donors (Lipinski definition) is 1. The van der Waals surface area contributed by atoms with Gasteiger partial charge in [0.1, 0.15) is 12.1 Å². The molecule has 1 aromatic heterocycles. The summed E-state index contributed by atoms with van der Waals surface area (Å²) in [7, 11) is 0. The van der Waals surface area contributed by atoms with Crippen molar-refractivity contribution in [2.75, 3.05) is 5.32 Å². The molecule has 0 unspecified atom stereocenters. The molecule has 23 heavy (non-hydrogen) atoms. The molecule has 2 aromatic rings. The predicted molar refractivity (Wildman–Crippen MR) is 84.7 cm³/mol. The molecule has 0 saturated heterocycles. The van der Waals surface area contributed by atoms with Crippen molar-refractivity contribution in [3.63, 3.8) is 0 Å². The second-order valence-electron chi connectivity index (χ2n) is 4.40. The molecule has 1 heterocycles. The molecular formula is C15H11N5O2S. The minimum Gasteiger partial charge on any atom is -0.388 e. The molecule has 2 rings (SSSR count). The second-order valence-corrected chi connectivity index (χ2v) is 5.26. The van der Waals surface area contributed by atoms with Crippen molar-refractivity contribution >= 4 is 28.1 Å². The highest BCUT2D eigenvalue weighted by molar-refractivity contribution is 7.13. The van der Waals surface area contributed by atoms with Gasteiger partial charge in [0.05, 0.1) is 5.69 Å². The first-order valence-corrected chi connectivity index (χ1v) is 7.33. The molecule has 0 aliphatic heterocycles. The lowest BCUT2D eigenvalue weighted by atomic mass is 10.1. The summed E-state index contributed by atoms with van der Waals surface area (Å²) in [6, 6.07) is 10.4. The summed E-state index contributed by atoms with van der Waals surface area (Å²) < 4.78 is 0. The van der Waals surface area contributed by atoms with Gasteiger partial charge in [-0.25, -0.2) is 4.98 Å². The van der Waals surface area contributed by atoms with Gasteiger partial charge in [0, 0.05) is 10.9 Å². The zero-order chi connectivity index (χ0) is 16.7. The third kappa shape index (κ3) is 4.63. The van der Waals surface area contributed by atoms with E-state index in [-0.39, 0.29) is 18.2 Å². The van der Waals surface area contributed by atoms with Gasteiger partial charge in [-0.2, -0.15) is 10.5 Å². The van der Waals surface area contributed by atoms with Crippen LogP contribution in [0.1, 0.15) is 21.6 Å². The van der Waals surface area contributed by atoms with Gasteiger partial charge in [0.2, 0.25) is 0 Å².